The number of aliphatic hydroxyl groups is 1. The lowest BCUT2D eigenvalue weighted by molar-refractivity contribution is -0.140. The van der Waals surface area contributed by atoms with E-state index in [4.69, 9.17) is 0 Å². The van der Waals surface area contributed by atoms with Gasteiger partial charge in [-0.25, -0.2) is 0 Å². The van der Waals surface area contributed by atoms with Gasteiger partial charge in [0.1, 0.15) is 0 Å². The Hall–Kier alpha value is -1.36. The fourth-order valence-corrected chi connectivity index (χ4v) is 1.12. The lowest BCUT2D eigenvalue weighted by atomic mass is 10.3. The quantitative estimate of drug-likeness (QED) is 0.551. The molecule has 0 spiro atoms. The van der Waals surface area contributed by atoms with Gasteiger partial charge in [0.05, 0.1) is 6.54 Å². The largest absolute Gasteiger partial charge is 0.371 e. The normalized spacial score (nSPS) is 21.9. The third-order valence-corrected chi connectivity index (χ3v) is 1.86. The molecule has 0 radical (unpaired) electrons. The first-order chi connectivity index (χ1) is 6.02. The highest BCUT2D eigenvalue weighted by Crippen LogP contribution is 2.08. The Kier molecular flexibility index (Phi) is 2.67. The SMILES string of the molecule is CC(=O)N1C=CN(C(C)=O)C(O)C1. The summed E-state index contributed by atoms with van der Waals surface area (Å²) in [6.45, 7) is 2.89. The molecule has 72 valence electrons. The van der Waals surface area contributed by atoms with Crippen molar-refractivity contribution in [3.8, 4) is 0 Å². The molecule has 1 atom stereocenters. The fourth-order valence-electron chi connectivity index (χ4n) is 1.12. The van der Waals surface area contributed by atoms with Crippen LogP contribution in [0.2, 0.25) is 0 Å². The average Bonchev–Trinajstić information content (AvgIpc) is 2.03. The van der Waals surface area contributed by atoms with Gasteiger partial charge in [-0.1, -0.05) is 0 Å². The number of carbonyl (C=O) groups excluding carboxylic acids is 2. The lowest BCUT2D eigenvalue weighted by Gasteiger charge is -2.32. The van der Waals surface area contributed by atoms with Crippen LogP contribution in [0.1, 0.15) is 13.8 Å². The van der Waals surface area contributed by atoms with Crippen molar-refractivity contribution in [1.82, 2.24) is 9.80 Å². The van der Waals surface area contributed by atoms with E-state index < -0.39 is 6.23 Å². The zero-order valence-corrected chi connectivity index (χ0v) is 7.60. The first kappa shape index (κ1) is 9.73. The third-order valence-electron chi connectivity index (χ3n) is 1.86. The van der Waals surface area contributed by atoms with Crippen LogP contribution in [0.3, 0.4) is 0 Å². The average molecular weight is 184 g/mol. The Balaban J connectivity index is 2.74. The molecule has 1 N–H and O–H groups in total. The zero-order valence-electron chi connectivity index (χ0n) is 7.60. The minimum Gasteiger partial charge on any atom is -0.371 e. The number of hydrogen-bond acceptors (Lipinski definition) is 3. The Bertz CT molecular complexity index is 262. The van der Waals surface area contributed by atoms with Crippen LogP contribution in [-0.2, 0) is 9.59 Å². The molecule has 5 heteroatoms. The van der Waals surface area contributed by atoms with Crippen molar-refractivity contribution in [2.75, 3.05) is 6.54 Å². The van der Waals surface area contributed by atoms with E-state index in [1.54, 1.807) is 0 Å². The van der Waals surface area contributed by atoms with Crippen LogP contribution in [0.25, 0.3) is 0 Å². The van der Waals surface area contributed by atoms with Crippen molar-refractivity contribution in [2.45, 2.75) is 20.1 Å². The summed E-state index contributed by atoms with van der Waals surface area (Å²) in [6, 6.07) is 0. The number of nitrogens with zero attached hydrogens (tertiary/aromatic N) is 2. The van der Waals surface area contributed by atoms with Gasteiger partial charge < -0.3 is 10.0 Å². The summed E-state index contributed by atoms with van der Waals surface area (Å²) in [5.74, 6) is -0.398. The summed E-state index contributed by atoms with van der Waals surface area (Å²) in [6.07, 6.45) is 1.94. The Labute approximate surface area is 76.2 Å². The van der Waals surface area contributed by atoms with E-state index in [9.17, 15) is 14.7 Å². The monoisotopic (exact) mass is 184 g/mol. The van der Waals surface area contributed by atoms with Crippen molar-refractivity contribution >= 4 is 11.8 Å². The molecule has 0 saturated carbocycles. The maximum Gasteiger partial charge on any atom is 0.225 e. The molecule has 1 heterocycles. The second-order valence-electron chi connectivity index (χ2n) is 2.88. The van der Waals surface area contributed by atoms with Crippen LogP contribution in [-0.4, -0.2) is 39.5 Å². The van der Waals surface area contributed by atoms with Gasteiger partial charge in [-0.05, 0) is 0 Å². The minimum atomic E-state index is -0.939. The topological polar surface area (TPSA) is 60.9 Å². The van der Waals surface area contributed by atoms with Gasteiger partial charge in [0.25, 0.3) is 0 Å². The predicted octanol–water partition coefficient (Wildman–Crippen LogP) is -0.513. The Morgan fingerprint density at radius 2 is 1.92 bits per heavy atom. The number of carbonyl (C=O) groups is 2. The molecule has 1 rings (SSSR count). The molecule has 0 saturated heterocycles. The van der Waals surface area contributed by atoms with Crippen LogP contribution in [0.15, 0.2) is 12.4 Å². The van der Waals surface area contributed by atoms with E-state index in [2.05, 4.69) is 0 Å². The maximum atomic E-state index is 10.9. The molecule has 0 bridgehead atoms. The third kappa shape index (κ3) is 2.06. The second-order valence-corrected chi connectivity index (χ2v) is 2.88. The van der Waals surface area contributed by atoms with E-state index >= 15 is 0 Å². The molecule has 5 nitrogen and oxygen atoms in total. The summed E-state index contributed by atoms with van der Waals surface area (Å²) in [5, 5.41) is 9.42. The predicted molar refractivity (Wildman–Crippen MR) is 45.1 cm³/mol. The summed E-state index contributed by atoms with van der Waals surface area (Å²) in [4.78, 5) is 24.3. The number of rotatable bonds is 0. The van der Waals surface area contributed by atoms with Crippen molar-refractivity contribution < 1.29 is 14.7 Å². The van der Waals surface area contributed by atoms with E-state index in [1.165, 1.54) is 36.0 Å². The van der Waals surface area contributed by atoms with Crippen LogP contribution in [0.4, 0.5) is 0 Å². The first-order valence-electron chi connectivity index (χ1n) is 3.95. The van der Waals surface area contributed by atoms with Crippen LogP contribution < -0.4 is 0 Å². The molecular formula is C8H12N2O3. The molecule has 0 aromatic rings. The molecule has 0 fully saturated rings. The second kappa shape index (κ2) is 3.57. The van der Waals surface area contributed by atoms with E-state index in [1.807, 2.05) is 0 Å². The standard InChI is InChI=1S/C8H12N2O3/c1-6(11)9-3-4-10(7(2)12)8(13)5-9/h3-4,8,13H,5H2,1-2H3. The number of hydrogen-bond donors (Lipinski definition) is 1. The summed E-state index contributed by atoms with van der Waals surface area (Å²) >= 11 is 0. The molecule has 2 amide bonds. The van der Waals surface area contributed by atoms with Gasteiger partial charge in [0.15, 0.2) is 6.23 Å². The van der Waals surface area contributed by atoms with Gasteiger partial charge >= 0.3 is 0 Å². The lowest BCUT2D eigenvalue weighted by Crippen LogP contribution is -2.46. The summed E-state index contributed by atoms with van der Waals surface area (Å²) < 4.78 is 0. The fraction of sp³-hybridized carbons (Fsp3) is 0.500. The zero-order chi connectivity index (χ0) is 10.0. The molecule has 1 aliphatic rings. The first-order valence-corrected chi connectivity index (χ1v) is 3.95. The molecule has 1 unspecified atom stereocenters. The molecule has 1 aliphatic heterocycles. The van der Waals surface area contributed by atoms with Crippen LogP contribution in [0, 0.1) is 0 Å². The number of β-amino-alcohol motifs (C(OH)–C–C–N with tert-alkyl or cyclic N) is 1. The van der Waals surface area contributed by atoms with Crippen molar-refractivity contribution in [1.29, 1.82) is 0 Å². The van der Waals surface area contributed by atoms with Gasteiger partial charge in [-0.2, -0.15) is 0 Å². The van der Waals surface area contributed by atoms with E-state index in [0.717, 1.165) is 0 Å². The molecule has 0 aromatic heterocycles. The van der Waals surface area contributed by atoms with Crippen molar-refractivity contribution in [3.05, 3.63) is 12.4 Å². The highest BCUT2D eigenvalue weighted by molar-refractivity contribution is 5.77. The Morgan fingerprint density at radius 3 is 2.31 bits per heavy atom. The number of amides is 2. The van der Waals surface area contributed by atoms with Crippen molar-refractivity contribution in [3.63, 3.8) is 0 Å². The minimum absolute atomic E-state index is 0.130. The molecule has 13 heavy (non-hydrogen) atoms. The molecule has 0 aromatic carbocycles. The van der Waals surface area contributed by atoms with Gasteiger partial charge in [0, 0.05) is 26.2 Å². The Morgan fingerprint density at radius 1 is 1.31 bits per heavy atom. The molecule has 0 aliphatic carbocycles. The molecular weight excluding hydrogens is 172 g/mol. The van der Waals surface area contributed by atoms with Crippen molar-refractivity contribution in [2.24, 2.45) is 0 Å². The smallest absolute Gasteiger partial charge is 0.225 e. The number of aliphatic hydroxyl groups excluding tert-OH is 1. The maximum absolute atomic E-state index is 10.9. The van der Waals surface area contributed by atoms with E-state index in [0.29, 0.717) is 0 Å². The van der Waals surface area contributed by atoms with Gasteiger partial charge in [-0.3, -0.25) is 14.5 Å². The van der Waals surface area contributed by atoms with Crippen LogP contribution >= 0.6 is 0 Å². The summed E-state index contributed by atoms with van der Waals surface area (Å²) in [5.41, 5.74) is 0. The highest BCUT2D eigenvalue weighted by Gasteiger charge is 2.23. The van der Waals surface area contributed by atoms with Crippen LogP contribution in [0.5, 0.6) is 0 Å². The highest BCUT2D eigenvalue weighted by atomic mass is 16.3. The van der Waals surface area contributed by atoms with Gasteiger partial charge in [0.2, 0.25) is 11.8 Å². The van der Waals surface area contributed by atoms with E-state index in [-0.39, 0.29) is 18.4 Å². The summed E-state index contributed by atoms with van der Waals surface area (Å²) in [7, 11) is 0. The van der Waals surface area contributed by atoms with Gasteiger partial charge in [-0.15, -0.1) is 0 Å².